The third-order valence-electron chi connectivity index (χ3n) is 4.32. The van der Waals surface area contributed by atoms with Gasteiger partial charge in [0.2, 0.25) is 5.95 Å². The maximum Gasteiger partial charge on any atom is 0.221 e. The smallest absolute Gasteiger partial charge is 0.221 e. The molecule has 5 nitrogen and oxygen atoms in total. The van der Waals surface area contributed by atoms with E-state index in [1.165, 1.54) is 19.3 Å². The van der Waals surface area contributed by atoms with Crippen LogP contribution in [0, 0.1) is 5.92 Å². The number of ether oxygens (including phenoxy) is 1. The molecule has 0 radical (unpaired) electrons. The molecule has 0 amide bonds. The monoisotopic (exact) mass is 234 g/mol. The molecule has 1 aromatic rings. The lowest BCUT2D eigenvalue weighted by Gasteiger charge is -2.26. The molecule has 1 N–H and O–H groups in total. The standard InChI is InChI=1S/C12H18N4O/c1-3-8-7-13-12-14-11(10-5-2-6-17-10)15-16(12)9(8)4-1/h8-10H,1-7H2,(H,13,14,15). The molecule has 3 aliphatic rings. The first-order chi connectivity index (χ1) is 8.42. The third-order valence-corrected chi connectivity index (χ3v) is 4.32. The number of nitrogens with zero attached hydrogens (tertiary/aromatic N) is 3. The van der Waals surface area contributed by atoms with Crippen molar-refractivity contribution in [1.29, 1.82) is 0 Å². The number of hydrogen-bond donors (Lipinski definition) is 1. The van der Waals surface area contributed by atoms with Gasteiger partial charge in [-0.3, -0.25) is 0 Å². The fourth-order valence-electron chi connectivity index (χ4n) is 3.41. The van der Waals surface area contributed by atoms with Crippen LogP contribution in [0.4, 0.5) is 5.95 Å². The van der Waals surface area contributed by atoms with Gasteiger partial charge in [-0.1, -0.05) is 6.42 Å². The van der Waals surface area contributed by atoms with Crippen molar-refractivity contribution >= 4 is 5.95 Å². The highest BCUT2D eigenvalue weighted by Crippen LogP contribution is 2.40. The maximum atomic E-state index is 5.66. The number of anilines is 1. The normalized spacial score (nSPS) is 35.4. The summed E-state index contributed by atoms with van der Waals surface area (Å²) in [6.45, 7) is 1.92. The van der Waals surface area contributed by atoms with Gasteiger partial charge in [0.1, 0.15) is 6.10 Å². The molecule has 1 aromatic heterocycles. The van der Waals surface area contributed by atoms with Crippen molar-refractivity contribution in [2.45, 2.75) is 44.2 Å². The Morgan fingerprint density at radius 1 is 1.24 bits per heavy atom. The van der Waals surface area contributed by atoms with E-state index in [0.717, 1.165) is 43.7 Å². The lowest BCUT2D eigenvalue weighted by Crippen LogP contribution is -2.29. The second-order valence-electron chi connectivity index (χ2n) is 5.38. The molecular formula is C12H18N4O. The van der Waals surface area contributed by atoms with Crippen LogP contribution >= 0.6 is 0 Å². The zero-order chi connectivity index (χ0) is 11.2. The van der Waals surface area contributed by atoms with Crippen LogP contribution in [0.2, 0.25) is 0 Å². The molecule has 2 fully saturated rings. The lowest BCUT2D eigenvalue weighted by atomic mass is 10.0. The Morgan fingerprint density at radius 3 is 3.12 bits per heavy atom. The SMILES string of the molecule is C1COC(c2nc3n(n2)C2CCCC2CN3)C1. The highest BCUT2D eigenvalue weighted by molar-refractivity contribution is 5.30. The van der Waals surface area contributed by atoms with Gasteiger partial charge in [0.05, 0.1) is 6.04 Å². The molecular weight excluding hydrogens is 216 g/mol. The predicted molar refractivity (Wildman–Crippen MR) is 62.8 cm³/mol. The van der Waals surface area contributed by atoms with Crippen LogP contribution in [-0.2, 0) is 4.74 Å². The number of nitrogens with one attached hydrogen (secondary N) is 1. The van der Waals surface area contributed by atoms with E-state index < -0.39 is 0 Å². The highest BCUT2D eigenvalue weighted by Gasteiger charge is 2.36. The average molecular weight is 234 g/mol. The Labute approximate surface area is 101 Å². The minimum atomic E-state index is 0.134. The highest BCUT2D eigenvalue weighted by atomic mass is 16.5. The van der Waals surface area contributed by atoms with Crippen LogP contribution in [-0.4, -0.2) is 27.9 Å². The van der Waals surface area contributed by atoms with Crippen molar-refractivity contribution in [3.05, 3.63) is 5.82 Å². The van der Waals surface area contributed by atoms with Gasteiger partial charge in [-0.2, -0.15) is 10.1 Å². The second kappa shape index (κ2) is 3.70. The summed E-state index contributed by atoms with van der Waals surface area (Å²) in [6.07, 6.45) is 6.24. The van der Waals surface area contributed by atoms with Gasteiger partial charge in [0, 0.05) is 13.2 Å². The van der Waals surface area contributed by atoms with Crippen LogP contribution in [0.25, 0.3) is 0 Å². The molecule has 0 bridgehead atoms. The Morgan fingerprint density at radius 2 is 2.24 bits per heavy atom. The summed E-state index contributed by atoms with van der Waals surface area (Å²) in [6, 6.07) is 0.578. The third kappa shape index (κ3) is 1.48. The average Bonchev–Trinajstić information content (AvgIpc) is 3.08. The zero-order valence-corrected chi connectivity index (χ0v) is 9.93. The Balaban J connectivity index is 1.68. The zero-order valence-electron chi connectivity index (χ0n) is 9.93. The van der Waals surface area contributed by atoms with Crippen molar-refractivity contribution < 1.29 is 4.74 Å². The predicted octanol–water partition coefficient (Wildman–Crippen LogP) is 1.90. The van der Waals surface area contributed by atoms with E-state index in [4.69, 9.17) is 9.84 Å². The van der Waals surface area contributed by atoms with Crippen molar-refractivity contribution in [3.8, 4) is 0 Å². The Hall–Kier alpha value is -1.10. The molecule has 0 spiro atoms. The van der Waals surface area contributed by atoms with E-state index in [-0.39, 0.29) is 6.10 Å². The quantitative estimate of drug-likeness (QED) is 0.806. The van der Waals surface area contributed by atoms with E-state index in [9.17, 15) is 0 Å². The van der Waals surface area contributed by atoms with Crippen LogP contribution in [0.3, 0.4) is 0 Å². The number of fused-ring (bicyclic) bond motifs is 3. The first kappa shape index (κ1) is 9.88. The lowest BCUT2D eigenvalue weighted by molar-refractivity contribution is 0.104. The molecule has 5 heteroatoms. The van der Waals surface area contributed by atoms with Gasteiger partial charge in [-0.15, -0.1) is 0 Å². The topological polar surface area (TPSA) is 52.0 Å². The van der Waals surface area contributed by atoms with Crippen molar-refractivity contribution in [1.82, 2.24) is 14.8 Å². The molecule has 3 heterocycles. The first-order valence-corrected chi connectivity index (χ1v) is 6.74. The molecule has 3 unspecified atom stereocenters. The molecule has 3 atom stereocenters. The Kier molecular flexibility index (Phi) is 2.15. The van der Waals surface area contributed by atoms with E-state index >= 15 is 0 Å². The fraction of sp³-hybridized carbons (Fsp3) is 0.833. The molecule has 17 heavy (non-hydrogen) atoms. The molecule has 4 rings (SSSR count). The molecule has 1 saturated heterocycles. The summed E-state index contributed by atoms with van der Waals surface area (Å²) in [7, 11) is 0. The summed E-state index contributed by atoms with van der Waals surface area (Å²) >= 11 is 0. The maximum absolute atomic E-state index is 5.66. The van der Waals surface area contributed by atoms with Crippen LogP contribution < -0.4 is 5.32 Å². The summed E-state index contributed by atoms with van der Waals surface area (Å²) in [5.41, 5.74) is 0. The fourth-order valence-corrected chi connectivity index (χ4v) is 3.41. The number of rotatable bonds is 1. The van der Waals surface area contributed by atoms with Crippen LogP contribution in [0.15, 0.2) is 0 Å². The summed E-state index contributed by atoms with van der Waals surface area (Å²) < 4.78 is 7.79. The van der Waals surface area contributed by atoms with Gasteiger partial charge >= 0.3 is 0 Å². The van der Waals surface area contributed by atoms with Crippen molar-refractivity contribution in [3.63, 3.8) is 0 Å². The Bertz CT molecular complexity index is 424. The molecule has 1 aliphatic carbocycles. The van der Waals surface area contributed by atoms with E-state index in [0.29, 0.717) is 6.04 Å². The minimum absolute atomic E-state index is 0.134. The van der Waals surface area contributed by atoms with Crippen LogP contribution in [0.1, 0.15) is 50.1 Å². The number of aromatic nitrogens is 3. The van der Waals surface area contributed by atoms with E-state index in [1.54, 1.807) is 0 Å². The van der Waals surface area contributed by atoms with Gasteiger partial charge in [-0.05, 0) is 31.6 Å². The second-order valence-corrected chi connectivity index (χ2v) is 5.38. The van der Waals surface area contributed by atoms with Gasteiger partial charge < -0.3 is 10.1 Å². The van der Waals surface area contributed by atoms with E-state index in [1.807, 2.05) is 0 Å². The molecule has 92 valence electrons. The molecule has 0 aromatic carbocycles. The number of hydrogen-bond acceptors (Lipinski definition) is 4. The first-order valence-electron chi connectivity index (χ1n) is 6.74. The van der Waals surface area contributed by atoms with Gasteiger partial charge in [-0.25, -0.2) is 4.68 Å². The summed E-state index contributed by atoms with van der Waals surface area (Å²) in [4.78, 5) is 4.61. The minimum Gasteiger partial charge on any atom is -0.370 e. The van der Waals surface area contributed by atoms with Gasteiger partial charge in [0.15, 0.2) is 5.82 Å². The van der Waals surface area contributed by atoms with Crippen LogP contribution in [0.5, 0.6) is 0 Å². The van der Waals surface area contributed by atoms with Gasteiger partial charge in [0.25, 0.3) is 0 Å². The summed E-state index contributed by atoms with van der Waals surface area (Å²) in [5.74, 6) is 2.60. The summed E-state index contributed by atoms with van der Waals surface area (Å²) in [5, 5.41) is 8.11. The molecule has 2 aliphatic heterocycles. The largest absolute Gasteiger partial charge is 0.370 e. The van der Waals surface area contributed by atoms with Crippen molar-refractivity contribution in [2.24, 2.45) is 5.92 Å². The van der Waals surface area contributed by atoms with Crippen molar-refractivity contribution in [2.75, 3.05) is 18.5 Å². The molecule has 1 saturated carbocycles. The van der Waals surface area contributed by atoms with E-state index in [2.05, 4.69) is 15.0 Å².